The number of aromatic nitrogens is 2. The molecule has 8 nitrogen and oxygen atoms in total. The van der Waals surface area contributed by atoms with Crippen molar-refractivity contribution in [2.24, 2.45) is 0 Å². The Bertz CT molecular complexity index is 1440. The third-order valence-corrected chi connectivity index (χ3v) is 5.66. The fraction of sp³-hybridized carbons (Fsp3) is 0.115. The van der Waals surface area contributed by atoms with Crippen molar-refractivity contribution in [3.63, 3.8) is 0 Å². The second-order valence-electron chi connectivity index (χ2n) is 7.65. The number of carbonyl (C=O) groups is 3. The predicted molar refractivity (Wildman–Crippen MR) is 131 cm³/mol. The van der Waals surface area contributed by atoms with Crippen LogP contribution >= 0.6 is 11.6 Å². The molecule has 35 heavy (non-hydrogen) atoms. The first-order valence-electron chi connectivity index (χ1n) is 10.6. The highest BCUT2D eigenvalue weighted by atomic mass is 35.5. The van der Waals surface area contributed by atoms with E-state index in [2.05, 4.69) is 9.97 Å². The second kappa shape index (κ2) is 10.3. The van der Waals surface area contributed by atoms with Crippen LogP contribution in [-0.2, 0) is 11.3 Å². The van der Waals surface area contributed by atoms with Gasteiger partial charge in [-0.05, 0) is 40.6 Å². The predicted octanol–water partition coefficient (Wildman–Crippen LogP) is 4.80. The van der Waals surface area contributed by atoms with Crippen molar-refractivity contribution in [1.29, 1.82) is 0 Å². The standard InChI is InChI=1S/C26H20ClN3O5/c1-35-23-10-11-28-25(29-23)22(31)14-24(32)30(19-8-9-20(26(33)34)21(27)13-19)15-16-6-7-17-4-2-3-5-18(17)12-16/h2-13H,14-15H2,1H3,(H,33,34). The van der Waals surface area contributed by atoms with Crippen LogP contribution in [0, 0.1) is 0 Å². The Labute approximate surface area is 205 Å². The molecule has 4 rings (SSSR count). The number of halogens is 1. The van der Waals surface area contributed by atoms with Crippen molar-refractivity contribution in [1.82, 2.24) is 9.97 Å². The van der Waals surface area contributed by atoms with Crippen LogP contribution in [0.4, 0.5) is 5.69 Å². The van der Waals surface area contributed by atoms with E-state index in [0.29, 0.717) is 5.69 Å². The fourth-order valence-electron chi connectivity index (χ4n) is 3.59. The third-order valence-electron chi connectivity index (χ3n) is 5.35. The highest BCUT2D eigenvalue weighted by molar-refractivity contribution is 6.33. The molecule has 4 aromatic rings. The van der Waals surface area contributed by atoms with Crippen molar-refractivity contribution in [2.45, 2.75) is 13.0 Å². The molecule has 0 fully saturated rings. The number of hydrogen-bond acceptors (Lipinski definition) is 6. The van der Waals surface area contributed by atoms with Gasteiger partial charge in [-0.2, -0.15) is 4.98 Å². The number of rotatable bonds is 8. The molecule has 0 spiro atoms. The lowest BCUT2D eigenvalue weighted by Crippen LogP contribution is -2.32. The number of anilines is 1. The van der Waals surface area contributed by atoms with Crippen LogP contribution in [0.25, 0.3) is 10.8 Å². The molecule has 9 heteroatoms. The van der Waals surface area contributed by atoms with Gasteiger partial charge in [0.25, 0.3) is 0 Å². The van der Waals surface area contributed by atoms with E-state index < -0.39 is 24.1 Å². The number of carbonyl (C=O) groups excluding carboxylic acids is 2. The van der Waals surface area contributed by atoms with Gasteiger partial charge < -0.3 is 14.7 Å². The molecule has 3 aromatic carbocycles. The lowest BCUT2D eigenvalue weighted by Gasteiger charge is -2.23. The molecule has 0 bridgehead atoms. The molecule has 1 N–H and O–H groups in total. The zero-order valence-electron chi connectivity index (χ0n) is 18.6. The topological polar surface area (TPSA) is 110 Å². The lowest BCUT2D eigenvalue weighted by atomic mass is 10.1. The van der Waals surface area contributed by atoms with Gasteiger partial charge in [-0.3, -0.25) is 9.59 Å². The number of fused-ring (bicyclic) bond motifs is 1. The van der Waals surface area contributed by atoms with Gasteiger partial charge in [0.2, 0.25) is 17.6 Å². The maximum atomic E-state index is 13.3. The van der Waals surface area contributed by atoms with Crippen molar-refractivity contribution < 1.29 is 24.2 Å². The first-order chi connectivity index (χ1) is 16.9. The highest BCUT2D eigenvalue weighted by Gasteiger charge is 2.23. The summed E-state index contributed by atoms with van der Waals surface area (Å²) in [5.74, 6) is -2.21. The quantitative estimate of drug-likeness (QED) is 0.279. The van der Waals surface area contributed by atoms with E-state index >= 15 is 0 Å². The van der Waals surface area contributed by atoms with Gasteiger partial charge in [-0.1, -0.05) is 48.0 Å². The number of benzene rings is 3. The van der Waals surface area contributed by atoms with Gasteiger partial charge in [-0.25, -0.2) is 9.78 Å². The molecule has 0 aliphatic carbocycles. The summed E-state index contributed by atoms with van der Waals surface area (Å²) in [7, 11) is 1.41. The minimum absolute atomic E-state index is 0.0197. The summed E-state index contributed by atoms with van der Waals surface area (Å²) in [6.07, 6.45) is 0.875. The Hall–Kier alpha value is -4.30. The number of ether oxygens (including phenoxy) is 1. The SMILES string of the molecule is COc1ccnc(C(=O)CC(=O)N(Cc2ccc3ccccc3c2)c2ccc(C(=O)O)c(Cl)c2)n1. The molecule has 0 atom stereocenters. The monoisotopic (exact) mass is 489 g/mol. The maximum absolute atomic E-state index is 13.3. The molecule has 1 aromatic heterocycles. The zero-order chi connectivity index (χ0) is 24.9. The molecule has 0 aliphatic heterocycles. The average molecular weight is 490 g/mol. The Morgan fingerprint density at radius 1 is 1.00 bits per heavy atom. The third kappa shape index (κ3) is 5.44. The number of hydrogen-bond donors (Lipinski definition) is 1. The zero-order valence-corrected chi connectivity index (χ0v) is 19.4. The van der Waals surface area contributed by atoms with Gasteiger partial charge >= 0.3 is 5.97 Å². The molecule has 0 unspecified atom stereocenters. The molecular weight excluding hydrogens is 470 g/mol. The molecule has 0 saturated heterocycles. The summed E-state index contributed by atoms with van der Waals surface area (Å²) in [6, 6.07) is 19.3. The smallest absolute Gasteiger partial charge is 0.337 e. The number of Topliss-reactive ketones (excluding diaryl/α,β-unsaturated/α-hetero) is 1. The summed E-state index contributed by atoms with van der Waals surface area (Å²) in [6.45, 7) is 0.138. The van der Waals surface area contributed by atoms with Gasteiger partial charge in [0.1, 0.15) is 0 Å². The number of amides is 1. The van der Waals surface area contributed by atoms with Crippen molar-refractivity contribution >= 4 is 45.7 Å². The molecule has 1 heterocycles. The number of ketones is 1. The summed E-state index contributed by atoms with van der Waals surface area (Å²) in [5, 5.41) is 11.3. The van der Waals surface area contributed by atoms with Crippen LogP contribution in [0.3, 0.4) is 0 Å². The number of carboxylic acids is 1. The van der Waals surface area contributed by atoms with Gasteiger partial charge in [-0.15, -0.1) is 0 Å². The normalized spacial score (nSPS) is 10.7. The van der Waals surface area contributed by atoms with E-state index in [9.17, 15) is 19.5 Å². The minimum Gasteiger partial charge on any atom is -0.481 e. The number of methoxy groups -OCH3 is 1. The van der Waals surface area contributed by atoms with Gasteiger partial charge in [0, 0.05) is 18.0 Å². The van der Waals surface area contributed by atoms with Crippen LogP contribution in [0.5, 0.6) is 5.88 Å². The van der Waals surface area contributed by atoms with E-state index in [0.717, 1.165) is 16.3 Å². The molecule has 0 saturated carbocycles. The van der Waals surface area contributed by atoms with Crippen molar-refractivity contribution in [3.8, 4) is 5.88 Å². The summed E-state index contributed by atoms with van der Waals surface area (Å²) >= 11 is 6.17. The summed E-state index contributed by atoms with van der Waals surface area (Å²) in [5.41, 5.74) is 1.09. The Balaban J connectivity index is 1.67. The molecule has 0 radical (unpaired) electrons. The van der Waals surface area contributed by atoms with Crippen LogP contribution in [0.1, 0.15) is 33.0 Å². The Morgan fingerprint density at radius 3 is 2.49 bits per heavy atom. The lowest BCUT2D eigenvalue weighted by molar-refractivity contribution is -0.117. The van der Waals surface area contributed by atoms with E-state index in [-0.39, 0.29) is 28.8 Å². The van der Waals surface area contributed by atoms with Crippen LogP contribution < -0.4 is 9.64 Å². The fourth-order valence-corrected chi connectivity index (χ4v) is 3.85. The molecular formula is C26H20ClN3O5. The van der Waals surface area contributed by atoms with Gasteiger partial charge in [0.05, 0.1) is 30.7 Å². The van der Waals surface area contributed by atoms with E-state index in [1.165, 1.54) is 42.5 Å². The van der Waals surface area contributed by atoms with E-state index in [1.807, 2.05) is 42.5 Å². The van der Waals surface area contributed by atoms with Crippen molar-refractivity contribution in [3.05, 3.63) is 94.9 Å². The first-order valence-corrected chi connectivity index (χ1v) is 10.9. The van der Waals surface area contributed by atoms with Gasteiger partial charge in [0.15, 0.2) is 5.82 Å². The maximum Gasteiger partial charge on any atom is 0.337 e. The minimum atomic E-state index is -1.18. The Morgan fingerprint density at radius 2 is 1.77 bits per heavy atom. The highest BCUT2D eigenvalue weighted by Crippen LogP contribution is 2.27. The second-order valence-corrected chi connectivity index (χ2v) is 8.06. The molecule has 0 aliphatic rings. The van der Waals surface area contributed by atoms with Crippen molar-refractivity contribution in [2.75, 3.05) is 12.0 Å². The van der Waals surface area contributed by atoms with Crippen LogP contribution in [-0.4, -0.2) is 39.8 Å². The van der Waals surface area contributed by atoms with Crippen LogP contribution in [0.2, 0.25) is 5.02 Å². The Kier molecular flexibility index (Phi) is 7.03. The molecule has 1 amide bonds. The molecule has 176 valence electrons. The van der Waals surface area contributed by atoms with E-state index in [1.54, 1.807) is 0 Å². The summed E-state index contributed by atoms with van der Waals surface area (Å²) < 4.78 is 5.02. The van der Waals surface area contributed by atoms with Crippen LogP contribution in [0.15, 0.2) is 72.9 Å². The largest absolute Gasteiger partial charge is 0.481 e. The summed E-state index contributed by atoms with van der Waals surface area (Å²) in [4.78, 5) is 46.8. The average Bonchev–Trinajstić information content (AvgIpc) is 2.86. The number of carboxylic acid groups (broad SMARTS) is 1. The first kappa shape index (κ1) is 23.8. The van der Waals surface area contributed by atoms with E-state index in [4.69, 9.17) is 16.3 Å². The number of nitrogens with zero attached hydrogens (tertiary/aromatic N) is 3. The number of aromatic carboxylic acids is 1.